The zero-order valence-corrected chi connectivity index (χ0v) is 17.2. The van der Waals surface area contributed by atoms with E-state index in [-0.39, 0.29) is 12.5 Å². The molecule has 150 valence electrons. The number of aromatic nitrogens is 2. The maximum Gasteiger partial charge on any atom is 0.356 e. The van der Waals surface area contributed by atoms with Crippen molar-refractivity contribution in [2.24, 2.45) is 7.05 Å². The molecule has 0 bridgehead atoms. The fourth-order valence-corrected chi connectivity index (χ4v) is 3.54. The molecule has 1 amide bonds. The molecule has 0 atom stereocenters. The molecule has 0 spiro atoms. The number of benzene rings is 1. The van der Waals surface area contributed by atoms with E-state index >= 15 is 0 Å². The van der Waals surface area contributed by atoms with Gasteiger partial charge in [-0.1, -0.05) is 12.1 Å². The van der Waals surface area contributed by atoms with Crippen LogP contribution >= 0.6 is 0 Å². The van der Waals surface area contributed by atoms with Crippen molar-refractivity contribution in [1.82, 2.24) is 14.7 Å². The molecule has 2 aromatic rings. The summed E-state index contributed by atoms with van der Waals surface area (Å²) in [6.45, 7) is 8.92. The second-order valence-corrected chi connectivity index (χ2v) is 7.13. The Kier molecular flexibility index (Phi) is 5.72. The smallest absolute Gasteiger partial charge is 0.356 e. The number of fused-ring (bicyclic) bond motifs is 1. The molecule has 3 rings (SSSR count). The molecule has 0 N–H and O–H groups in total. The lowest BCUT2D eigenvalue weighted by Crippen LogP contribution is -2.39. The number of amides is 1. The summed E-state index contributed by atoms with van der Waals surface area (Å²) in [5.41, 5.74) is 5.22. The molecule has 7 nitrogen and oxygen atoms in total. The first-order chi connectivity index (χ1) is 13.3. The average molecular weight is 385 g/mol. The van der Waals surface area contributed by atoms with Gasteiger partial charge in [-0.15, -0.1) is 0 Å². The van der Waals surface area contributed by atoms with E-state index in [1.54, 1.807) is 23.6 Å². The van der Waals surface area contributed by atoms with E-state index in [1.165, 1.54) is 0 Å². The van der Waals surface area contributed by atoms with Gasteiger partial charge in [0, 0.05) is 25.6 Å². The molecule has 0 fully saturated rings. The van der Waals surface area contributed by atoms with Gasteiger partial charge in [0.05, 0.1) is 18.8 Å². The first-order valence-corrected chi connectivity index (χ1v) is 9.52. The van der Waals surface area contributed by atoms with E-state index in [0.717, 1.165) is 33.7 Å². The van der Waals surface area contributed by atoms with Crippen LogP contribution in [0.3, 0.4) is 0 Å². The lowest BCUT2D eigenvalue weighted by Gasteiger charge is -2.27. The summed E-state index contributed by atoms with van der Waals surface area (Å²) in [7, 11) is 1.73. The highest BCUT2D eigenvalue weighted by molar-refractivity contribution is 5.90. The van der Waals surface area contributed by atoms with Gasteiger partial charge in [0.1, 0.15) is 5.75 Å². The number of rotatable bonds is 5. The lowest BCUT2D eigenvalue weighted by atomic mass is 10.0. The molecule has 1 aliphatic heterocycles. The van der Waals surface area contributed by atoms with Gasteiger partial charge in [0.15, 0.2) is 12.3 Å². The van der Waals surface area contributed by atoms with Gasteiger partial charge in [-0.3, -0.25) is 9.48 Å². The Morgan fingerprint density at radius 1 is 1.18 bits per heavy atom. The molecular formula is C21H27N3O4. The number of aryl methyl sites for hydroxylation is 3. The summed E-state index contributed by atoms with van der Waals surface area (Å²) >= 11 is 0. The minimum absolute atomic E-state index is 0.0323. The normalized spacial score (nSPS) is 13.2. The van der Waals surface area contributed by atoms with Crippen molar-refractivity contribution in [2.75, 3.05) is 19.8 Å². The fraction of sp³-hybridized carbons (Fsp3) is 0.476. The minimum atomic E-state index is -0.407. The first-order valence-electron chi connectivity index (χ1n) is 9.52. The van der Waals surface area contributed by atoms with Crippen molar-refractivity contribution in [1.29, 1.82) is 0 Å². The van der Waals surface area contributed by atoms with Crippen LogP contribution in [0.1, 0.15) is 45.4 Å². The summed E-state index contributed by atoms with van der Waals surface area (Å²) in [5, 5.41) is 4.42. The van der Waals surface area contributed by atoms with Gasteiger partial charge in [0.2, 0.25) is 0 Å². The largest absolute Gasteiger partial charge is 0.483 e. The maximum absolute atomic E-state index is 12.8. The van der Waals surface area contributed by atoms with Gasteiger partial charge in [0.25, 0.3) is 5.91 Å². The van der Waals surface area contributed by atoms with E-state index in [2.05, 4.69) is 5.10 Å². The third kappa shape index (κ3) is 3.74. The van der Waals surface area contributed by atoms with Crippen molar-refractivity contribution in [3.63, 3.8) is 0 Å². The Balaban J connectivity index is 1.73. The SMILES string of the molecule is CCOC(=O)c1c2c(nn1C)CCN(C(=O)COc1c(C)ccc(C)c1C)C2. The standard InChI is InChI=1S/C21H27N3O4/c1-6-27-21(26)19-16-11-24(10-9-17(16)22-23(19)5)18(25)12-28-20-14(3)8-7-13(2)15(20)4/h7-8H,6,9-12H2,1-5H3. The Bertz CT molecular complexity index is 917. The van der Waals surface area contributed by atoms with E-state index < -0.39 is 5.97 Å². The molecule has 0 unspecified atom stereocenters. The van der Waals surface area contributed by atoms with E-state index in [4.69, 9.17) is 9.47 Å². The minimum Gasteiger partial charge on any atom is -0.483 e. The summed E-state index contributed by atoms with van der Waals surface area (Å²) < 4.78 is 12.6. The molecule has 0 saturated heterocycles. The lowest BCUT2D eigenvalue weighted by molar-refractivity contribution is -0.134. The molecule has 1 aromatic carbocycles. The molecule has 28 heavy (non-hydrogen) atoms. The number of ether oxygens (including phenoxy) is 2. The topological polar surface area (TPSA) is 73.7 Å². The van der Waals surface area contributed by atoms with Gasteiger partial charge in [-0.2, -0.15) is 5.10 Å². The average Bonchev–Trinajstić information content (AvgIpc) is 2.99. The van der Waals surface area contributed by atoms with Crippen molar-refractivity contribution in [2.45, 2.75) is 40.7 Å². The summed E-state index contributed by atoms with van der Waals surface area (Å²) in [5.74, 6) is 0.250. The fourth-order valence-electron chi connectivity index (χ4n) is 3.54. The van der Waals surface area contributed by atoms with Crippen LogP contribution in [0, 0.1) is 20.8 Å². The van der Waals surface area contributed by atoms with Crippen LogP contribution in [-0.4, -0.2) is 46.3 Å². The Labute approximate surface area is 165 Å². The number of hydrogen-bond donors (Lipinski definition) is 0. The Morgan fingerprint density at radius 2 is 1.89 bits per heavy atom. The second kappa shape index (κ2) is 8.04. The summed E-state index contributed by atoms with van der Waals surface area (Å²) in [4.78, 5) is 26.8. The second-order valence-electron chi connectivity index (χ2n) is 7.13. The molecule has 0 aliphatic carbocycles. The third-order valence-electron chi connectivity index (χ3n) is 5.23. The third-order valence-corrected chi connectivity index (χ3v) is 5.23. The number of esters is 1. The molecule has 2 heterocycles. The van der Waals surface area contributed by atoms with E-state index in [1.807, 2.05) is 32.9 Å². The van der Waals surface area contributed by atoms with Crippen molar-refractivity contribution in [3.05, 3.63) is 45.8 Å². The number of hydrogen-bond acceptors (Lipinski definition) is 5. The molecule has 1 aliphatic rings. The highest BCUT2D eigenvalue weighted by Crippen LogP contribution is 2.26. The Hall–Kier alpha value is -2.83. The molecule has 7 heteroatoms. The summed E-state index contributed by atoms with van der Waals surface area (Å²) in [6.07, 6.45) is 0.608. The van der Waals surface area contributed by atoms with Crippen LogP contribution in [0.2, 0.25) is 0 Å². The maximum atomic E-state index is 12.8. The van der Waals surface area contributed by atoms with Gasteiger partial charge in [-0.25, -0.2) is 4.79 Å². The first kappa shape index (κ1) is 19.9. The quantitative estimate of drug-likeness (QED) is 0.740. The molecule has 1 aromatic heterocycles. The van der Waals surface area contributed by atoms with Crippen molar-refractivity contribution in [3.8, 4) is 5.75 Å². The molecular weight excluding hydrogens is 358 g/mol. The van der Waals surface area contributed by atoms with E-state index in [0.29, 0.717) is 31.8 Å². The predicted octanol–water partition coefficient (Wildman–Crippen LogP) is 2.49. The van der Waals surface area contributed by atoms with Crippen LogP contribution in [0.25, 0.3) is 0 Å². The Morgan fingerprint density at radius 3 is 2.61 bits per heavy atom. The van der Waals surface area contributed by atoms with Gasteiger partial charge < -0.3 is 14.4 Å². The van der Waals surface area contributed by atoms with Crippen molar-refractivity contribution < 1.29 is 19.1 Å². The van der Waals surface area contributed by atoms with E-state index in [9.17, 15) is 9.59 Å². The highest BCUT2D eigenvalue weighted by Gasteiger charge is 2.30. The predicted molar refractivity (Wildman–Crippen MR) is 104 cm³/mol. The van der Waals surface area contributed by atoms with Crippen LogP contribution < -0.4 is 4.74 Å². The monoisotopic (exact) mass is 385 g/mol. The van der Waals surface area contributed by atoms with Crippen LogP contribution in [0.5, 0.6) is 5.75 Å². The van der Waals surface area contributed by atoms with Crippen LogP contribution in [0.4, 0.5) is 0 Å². The molecule has 0 saturated carbocycles. The van der Waals surface area contributed by atoms with Crippen LogP contribution in [0.15, 0.2) is 12.1 Å². The zero-order valence-electron chi connectivity index (χ0n) is 17.2. The van der Waals surface area contributed by atoms with Gasteiger partial charge >= 0.3 is 5.97 Å². The highest BCUT2D eigenvalue weighted by atomic mass is 16.5. The van der Waals surface area contributed by atoms with Crippen molar-refractivity contribution >= 4 is 11.9 Å². The number of nitrogens with zero attached hydrogens (tertiary/aromatic N) is 3. The molecule has 0 radical (unpaired) electrons. The number of carbonyl (C=O) groups is 2. The zero-order chi connectivity index (χ0) is 20.4. The van der Waals surface area contributed by atoms with Gasteiger partial charge in [-0.05, 0) is 44.4 Å². The summed E-state index contributed by atoms with van der Waals surface area (Å²) in [6, 6.07) is 4.04. The number of carbonyl (C=O) groups excluding carboxylic acids is 2. The van der Waals surface area contributed by atoms with Crippen LogP contribution in [-0.2, 0) is 29.5 Å².